The van der Waals surface area contributed by atoms with Crippen LogP contribution < -0.4 is 0 Å². The predicted molar refractivity (Wildman–Crippen MR) is 57.0 cm³/mol. The van der Waals surface area contributed by atoms with Gasteiger partial charge in [-0.15, -0.1) is 0 Å². The van der Waals surface area contributed by atoms with Gasteiger partial charge in [0.15, 0.2) is 0 Å². The molecule has 3 heteroatoms. The first-order chi connectivity index (χ1) is 7.22. The van der Waals surface area contributed by atoms with Gasteiger partial charge in [0.1, 0.15) is 0 Å². The fourth-order valence-electron chi connectivity index (χ4n) is 2.64. The lowest BCUT2D eigenvalue weighted by molar-refractivity contribution is -0.140. The van der Waals surface area contributed by atoms with Crippen LogP contribution in [0.3, 0.4) is 0 Å². The quantitative estimate of drug-likeness (QED) is 0.648. The van der Waals surface area contributed by atoms with E-state index in [1.165, 1.54) is 23.5 Å². The summed E-state index contributed by atoms with van der Waals surface area (Å²) in [7, 11) is 0. The molecule has 1 aliphatic heterocycles. The van der Waals surface area contributed by atoms with E-state index in [2.05, 4.69) is 6.92 Å². The number of amides is 2. The normalized spacial score (nSPS) is 31.4. The zero-order chi connectivity index (χ0) is 10.8. The minimum absolute atomic E-state index is 0.123. The lowest BCUT2D eigenvalue weighted by Crippen LogP contribution is -2.42. The van der Waals surface area contributed by atoms with Crippen LogP contribution in [0.25, 0.3) is 0 Å². The lowest BCUT2D eigenvalue weighted by atomic mass is 9.83. The molecule has 0 aromatic carbocycles. The minimum Gasteiger partial charge on any atom is -0.272 e. The summed E-state index contributed by atoms with van der Waals surface area (Å²) in [5, 5.41) is 0. The molecule has 0 N–H and O–H groups in total. The van der Waals surface area contributed by atoms with E-state index in [9.17, 15) is 9.59 Å². The smallest absolute Gasteiger partial charge is 0.253 e. The molecule has 2 unspecified atom stereocenters. The molecule has 0 aromatic heterocycles. The number of hydrogen-bond acceptors (Lipinski definition) is 2. The summed E-state index contributed by atoms with van der Waals surface area (Å²) >= 11 is 0. The van der Waals surface area contributed by atoms with Gasteiger partial charge in [-0.2, -0.15) is 0 Å². The highest BCUT2D eigenvalue weighted by Crippen LogP contribution is 2.30. The first-order valence-corrected chi connectivity index (χ1v) is 5.77. The first kappa shape index (κ1) is 10.4. The van der Waals surface area contributed by atoms with Crippen LogP contribution in [0.5, 0.6) is 0 Å². The second kappa shape index (κ2) is 4.17. The monoisotopic (exact) mass is 207 g/mol. The molecule has 2 rings (SSSR count). The average Bonchev–Trinajstić information content (AvgIpc) is 2.59. The summed E-state index contributed by atoms with van der Waals surface area (Å²) in [4.78, 5) is 24.4. The van der Waals surface area contributed by atoms with E-state index in [1.54, 1.807) is 0 Å². The Hall–Kier alpha value is -1.12. The zero-order valence-corrected chi connectivity index (χ0v) is 9.11. The Labute approximate surface area is 90.1 Å². The Kier molecular flexibility index (Phi) is 2.89. The van der Waals surface area contributed by atoms with Crippen LogP contribution >= 0.6 is 0 Å². The van der Waals surface area contributed by atoms with Gasteiger partial charge in [0.25, 0.3) is 11.8 Å². The topological polar surface area (TPSA) is 37.4 Å². The van der Waals surface area contributed by atoms with Gasteiger partial charge in [-0.3, -0.25) is 14.5 Å². The maximum Gasteiger partial charge on any atom is 0.253 e. The molecule has 1 saturated carbocycles. The van der Waals surface area contributed by atoms with Gasteiger partial charge in [-0.1, -0.05) is 26.2 Å². The first-order valence-electron chi connectivity index (χ1n) is 5.77. The molecule has 0 aromatic rings. The number of carbonyl (C=O) groups excluding carboxylic acids is 2. The molecular formula is C12H17NO2. The Morgan fingerprint density at radius 1 is 1.27 bits per heavy atom. The van der Waals surface area contributed by atoms with Crippen LogP contribution in [0.1, 0.15) is 39.0 Å². The average molecular weight is 207 g/mol. The van der Waals surface area contributed by atoms with E-state index in [1.807, 2.05) is 0 Å². The van der Waals surface area contributed by atoms with Gasteiger partial charge in [0, 0.05) is 18.2 Å². The third-order valence-corrected chi connectivity index (χ3v) is 3.54. The second-order valence-corrected chi connectivity index (χ2v) is 4.47. The maximum absolute atomic E-state index is 11.5. The van der Waals surface area contributed by atoms with Gasteiger partial charge in [0.2, 0.25) is 0 Å². The molecule has 0 spiro atoms. The van der Waals surface area contributed by atoms with Crippen LogP contribution in [0.2, 0.25) is 0 Å². The van der Waals surface area contributed by atoms with E-state index >= 15 is 0 Å². The molecule has 1 fully saturated rings. The van der Waals surface area contributed by atoms with Crippen LogP contribution in [-0.2, 0) is 9.59 Å². The van der Waals surface area contributed by atoms with Gasteiger partial charge < -0.3 is 0 Å². The van der Waals surface area contributed by atoms with Gasteiger partial charge in [0.05, 0.1) is 0 Å². The molecule has 2 aliphatic rings. The predicted octanol–water partition coefficient (Wildman–Crippen LogP) is 1.88. The van der Waals surface area contributed by atoms with Crippen molar-refractivity contribution in [3.8, 4) is 0 Å². The highest BCUT2D eigenvalue weighted by Gasteiger charge is 2.33. The minimum atomic E-state index is -0.123. The van der Waals surface area contributed by atoms with E-state index in [0.29, 0.717) is 5.92 Å². The number of carbonyl (C=O) groups is 2. The molecule has 0 bridgehead atoms. The second-order valence-electron chi connectivity index (χ2n) is 4.47. The van der Waals surface area contributed by atoms with Gasteiger partial charge >= 0.3 is 0 Å². The number of hydrogen-bond donors (Lipinski definition) is 0. The van der Waals surface area contributed by atoms with Crippen molar-refractivity contribution < 1.29 is 9.59 Å². The van der Waals surface area contributed by atoms with Gasteiger partial charge in [-0.25, -0.2) is 0 Å². The molecule has 0 saturated heterocycles. The molecule has 3 nitrogen and oxygen atoms in total. The highest BCUT2D eigenvalue weighted by atomic mass is 16.2. The third-order valence-electron chi connectivity index (χ3n) is 3.54. The molecule has 1 heterocycles. The Bertz CT molecular complexity index is 291. The van der Waals surface area contributed by atoms with E-state index in [4.69, 9.17) is 0 Å². The Morgan fingerprint density at radius 3 is 2.53 bits per heavy atom. The van der Waals surface area contributed by atoms with Crippen molar-refractivity contribution in [1.29, 1.82) is 0 Å². The van der Waals surface area contributed by atoms with Gasteiger partial charge in [-0.05, 0) is 18.8 Å². The summed E-state index contributed by atoms with van der Waals surface area (Å²) in [6.45, 7) is 2.18. The Morgan fingerprint density at radius 2 is 1.93 bits per heavy atom. The van der Waals surface area contributed by atoms with Crippen molar-refractivity contribution in [2.75, 3.05) is 0 Å². The number of imide groups is 1. The van der Waals surface area contributed by atoms with Crippen LogP contribution in [0.4, 0.5) is 0 Å². The standard InChI is InChI=1S/C12H17NO2/c1-2-9-4-3-5-10(8-9)13-11(14)6-7-12(13)15/h6-7,9-10H,2-5,8H2,1H3. The van der Waals surface area contributed by atoms with E-state index in [-0.39, 0.29) is 17.9 Å². The molecular weight excluding hydrogens is 190 g/mol. The van der Waals surface area contributed by atoms with Crippen LogP contribution in [0.15, 0.2) is 12.2 Å². The highest BCUT2D eigenvalue weighted by molar-refractivity contribution is 6.13. The van der Waals surface area contributed by atoms with Crippen molar-refractivity contribution >= 4 is 11.8 Å². The molecule has 2 atom stereocenters. The van der Waals surface area contributed by atoms with Crippen molar-refractivity contribution in [2.45, 2.75) is 45.1 Å². The summed E-state index contributed by atoms with van der Waals surface area (Å²) in [5.74, 6) is 0.438. The third kappa shape index (κ3) is 1.96. The van der Waals surface area contributed by atoms with Crippen molar-refractivity contribution in [3.05, 3.63) is 12.2 Å². The molecule has 82 valence electrons. The molecule has 0 radical (unpaired) electrons. The summed E-state index contributed by atoms with van der Waals surface area (Å²) < 4.78 is 0. The zero-order valence-electron chi connectivity index (χ0n) is 9.11. The molecule has 2 amide bonds. The van der Waals surface area contributed by atoms with Crippen LogP contribution in [0, 0.1) is 5.92 Å². The summed E-state index contributed by atoms with van der Waals surface area (Å²) in [6, 6.07) is 0.152. The fourth-order valence-corrected chi connectivity index (χ4v) is 2.64. The van der Waals surface area contributed by atoms with Crippen molar-refractivity contribution in [1.82, 2.24) is 4.90 Å². The Balaban J connectivity index is 2.04. The largest absolute Gasteiger partial charge is 0.272 e. The molecule has 1 aliphatic carbocycles. The molecule has 15 heavy (non-hydrogen) atoms. The SMILES string of the molecule is CCC1CCCC(N2C(=O)C=CC2=O)C1. The van der Waals surface area contributed by atoms with Crippen molar-refractivity contribution in [3.63, 3.8) is 0 Å². The maximum atomic E-state index is 11.5. The van der Waals surface area contributed by atoms with Crippen LogP contribution in [-0.4, -0.2) is 22.8 Å². The van der Waals surface area contributed by atoms with E-state index < -0.39 is 0 Å². The van der Waals surface area contributed by atoms with Crippen molar-refractivity contribution in [2.24, 2.45) is 5.92 Å². The fraction of sp³-hybridized carbons (Fsp3) is 0.667. The number of rotatable bonds is 2. The summed E-state index contributed by atoms with van der Waals surface area (Å²) in [6.07, 6.45) is 8.29. The lowest BCUT2D eigenvalue weighted by Gasteiger charge is -2.33. The van der Waals surface area contributed by atoms with E-state index in [0.717, 1.165) is 25.7 Å². The summed E-state index contributed by atoms with van der Waals surface area (Å²) in [5.41, 5.74) is 0. The number of nitrogens with zero attached hydrogens (tertiary/aromatic N) is 1.